The average molecular weight is 266 g/mol. The molecule has 0 saturated carbocycles. The Kier molecular flexibility index (Phi) is 3.75. The number of benzene rings is 2. The summed E-state index contributed by atoms with van der Waals surface area (Å²) in [5, 5.41) is 6.25. The molecule has 0 radical (unpaired) electrons. The maximum atomic E-state index is 6.28. The van der Waals surface area contributed by atoms with Gasteiger partial charge >= 0.3 is 0 Å². The Morgan fingerprint density at radius 1 is 1.10 bits per heavy atom. The van der Waals surface area contributed by atoms with Crippen LogP contribution in [0.3, 0.4) is 0 Å². The molecule has 0 saturated heterocycles. The normalized spacial score (nSPS) is 17.2. The van der Waals surface area contributed by atoms with Crippen molar-refractivity contribution in [1.29, 1.82) is 0 Å². The van der Waals surface area contributed by atoms with Gasteiger partial charge in [-0.05, 0) is 40.9 Å². The van der Waals surface area contributed by atoms with E-state index in [-0.39, 0.29) is 6.04 Å². The van der Waals surface area contributed by atoms with Crippen molar-refractivity contribution < 1.29 is 0 Å². The lowest BCUT2D eigenvalue weighted by Gasteiger charge is -2.26. The summed E-state index contributed by atoms with van der Waals surface area (Å²) in [5.74, 6) is 0. The van der Waals surface area contributed by atoms with Crippen LogP contribution in [-0.4, -0.2) is 6.54 Å². The Labute approximate surface area is 120 Å². The van der Waals surface area contributed by atoms with Gasteiger partial charge in [0.05, 0.1) is 6.04 Å². The Bertz CT molecular complexity index is 638. The highest BCUT2D eigenvalue weighted by molar-refractivity contribution is 5.96. The first-order valence-electron chi connectivity index (χ1n) is 7.53. The van der Waals surface area contributed by atoms with Gasteiger partial charge in [-0.25, -0.2) is 0 Å². The predicted octanol–water partition coefficient (Wildman–Crippen LogP) is 3.97. The highest BCUT2D eigenvalue weighted by Gasteiger charge is 2.21. The van der Waals surface area contributed by atoms with Crippen LogP contribution in [-0.2, 0) is 0 Å². The van der Waals surface area contributed by atoms with E-state index >= 15 is 0 Å². The average Bonchev–Trinajstić information content (AvgIpc) is 2.46. The molecule has 1 aliphatic carbocycles. The summed E-state index contributed by atoms with van der Waals surface area (Å²) >= 11 is 0. The molecule has 0 aliphatic heterocycles. The lowest BCUT2D eigenvalue weighted by Crippen LogP contribution is -2.29. The second-order valence-corrected chi connectivity index (χ2v) is 5.53. The number of nitrogens with one attached hydrogen (secondary N) is 1. The zero-order valence-electron chi connectivity index (χ0n) is 12.0. The van der Waals surface area contributed by atoms with Gasteiger partial charge in [-0.1, -0.05) is 56.2 Å². The molecule has 0 heterocycles. The van der Waals surface area contributed by atoms with E-state index in [0.29, 0.717) is 0 Å². The van der Waals surface area contributed by atoms with Crippen molar-refractivity contribution in [3.63, 3.8) is 0 Å². The first-order valence-corrected chi connectivity index (χ1v) is 7.53. The summed E-state index contributed by atoms with van der Waals surface area (Å²) < 4.78 is 0. The first kappa shape index (κ1) is 13.2. The summed E-state index contributed by atoms with van der Waals surface area (Å²) in [6.45, 7) is 3.25. The molecule has 0 fully saturated rings. The van der Waals surface area contributed by atoms with Crippen molar-refractivity contribution in [3.05, 3.63) is 53.2 Å². The minimum Gasteiger partial charge on any atom is -0.400 e. The molecule has 2 nitrogen and oxygen atoms in total. The molecule has 1 aliphatic rings. The van der Waals surface area contributed by atoms with E-state index in [1.165, 1.54) is 41.2 Å². The predicted molar refractivity (Wildman–Crippen MR) is 86.4 cm³/mol. The molecule has 2 aromatic carbocycles. The van der Waals surface area contributed by atoms with E-state index in [1.54, 1.807) is 0 Å². The van der Waals surface area contributed by atoms with E-state index in [9.17, 15) is 0 Å². The summed E-state index contributed by atoms with van der Waals surface area (Å²) in [5.41, 5.74) is 9.76. The Hall–Kier alpha value is -1.80. The highest BCUT2D eigenvalue weighted by Crippen LogP contribution is 2.35. The van der Waals surface area contributed by atoms with Gasteiger partial charge in [0.25, 0.3) is 0 Å². The van der Waals surface area contributed by atoms with Gasteiger partial charge in [-0.15, -0.1) is 0 Å². The molecule has 3 rings (SSSR count). The van der Waals surface area contributed by atoms with E-state index in [4.69, 9.17) is 5.73 Å². The van der Waals surface area contributed by atoms with Crippen LogP contribution in [0.2, 0.25) is 0 Å². The molecule has 1 unspecified atom stereocenters. The fourth-order valence-corrected chi connectivity index (χ4v) is 3.05. The fraction of sp³-hybridized carbons (Fsp3) is 0.333. The van der Waals surface area contributed by atoms with Crippen molar-refractivity contribution in [2.75, 3.05) is 6.54 Å². The Balaban J connectivity index is 1.94. The SMILES string of the molecule is CCCCCNC1C(N)=Cc2cccc3cccc1c23. The van der Waals surface area contributed by atoms with Crippen molar-refractivity contribution in [3.8, 4) is 0 Å². The number of rotatable bonds is 5. The maximum absolute atomic E-state index is 6.28. The molecular weight excluding hydrogens is 244 g/mol. The molecule has 20 heavy (non-hydrogen) atoms. The van der Waals surface area contributed by atoms with Gasteiger partial charge in [0.2, 0.25) is 0 Å². The van der Waals surface area contributed by atoms with Crippen molar-refractivity contribution in [1.82, 2.24) is 5.32 Å². The van der Waals surface area contributed by atoms with E-state index in [1.807, 2.05) is 0 Å². The number of unbranched alkanes of at least 4 members (excludes halogenated alkanes) is 2. The molecule has 2 aromatic rings. The van der Waals surface area contributed by atoms with Crippen LogP contribution in [0.5, 0.6) is 0 Å². The first-order chi connectivity index (χ1) is 9.81. The van der Waals surface area contributed by atoms with E-state index < -0.39 is 0 Å². The van der Waals surface area contributed by atoms with Crippen LogP contribution in [0, 0.1) is 0 Å². The van der Waals surface area contributed by atoms with E-state index in [2.05, 4.69) is 54.7 Å². The van der Waals surface area contributed by atoms with Crippen molar-refractivity contribution in [2.24, 2.45) is 5.73 Å². The molecule has 0 amide bonds. The fourth-order valence-electron chi connectivity index (χ4n) is 3.05. The third-order valence-corrected chi connectivity index (χ3v) is 4.06. The van der Waals surface area contributed by atoms with Crippen LogP contribution in [0.15, 0.2) is 42.1 Å². The topological polar surface area (TPSA) is 38.0 Å². The molecule has 2 heteroatoms. The molecule has 104 valence electrons. The van der Waals surface area contributed by atoms with Crippen LogP contribution >= 0.6 is 0 Å². The molecule has 3 N–H and O–H groups in total. The number of nitrogens with two attached hydrogens (primary N) is 1. The minimum atomic E-state index is 0.158. The summed E-state index contributed by atoms with van der Waals surface area (Å²) in [7, 11) is 0. The lowest BCUT2D eigenvalue weighted by atomic mass is 9.88. The molecule has 1 atom stereocenters. The van der Waals surface area contributed by atoms with Gasteiger partial charge in [0, 0.05) is 5.70 Å². The second kappa shape index (κ2) is 5.68. The molecule has 0 spiro atoms. The Morgan fingerprint density at radius 2 is 1.90 bits per heavy atom. The van der Waals surface area contributed by atoms with Crippen LogP contribution in [0.25, 0.3) is 16.8 Å². The van der Waals surface area contributed by atoms with Crippen molar-refractivity contribution >= 4 is 16.8 Å². The highest BCUT2D eigenvalue weighted by atomic mass is 14.9. The number of hydrogen-bond acceptors (Lipinski definition) is 2. The lowest BCUT2D eigenvalue weighted by molar-refractivity contribution is 0.559. The largest absolute Gasteiger partial charge is 0.400 e. The monoisotopic (exact) mass is 266 g/mol. The van der Waals surface area contributed by atoms with Crippen molar-refractivity contribution in [2.45, 2.75) is 32.2 Å². The van der Waals surface area contributed by atoms with E-state index in [0.717, 1.165) is 12.2 Å². The summed E-state index contributed by atoms with van der Waals surface area (Å²) in [4.78, 5) is 0. The van der Waals surface area contributed by atoms with Gasteiger partial charge in [-0.2, -0.15) is 0 Å². The zero-order chi connectivity index (χ0) is 13.9. The second-order valence-electron chi connectivity index (χ2n) is 5.53. The summed E-state index contributed by atoms with van der Waals surface area (Å²) in [6, 6.07) is 13.1. The standard InChI is InChI=1S/C18H22N2/c1-2-3-4-11-20-18-15-10-6-8-13-7-5-9-14(17(13)15)12-16(18)19/h5-10,12,18,20H,2-4,11,19H2,1H3. The number of hydrogen-bond donors (Lipinski definition) is 2. The molecule has 0 bridgehead atoms. The quantitative estimate of drug-likeness (QED) is 0.803. The van der Waals surface area contributed by atoms with Crippen LogP contribution < -0.4 is 11.1 Å². The molecular formula is C18H22N2. The van der Waals surface area contributed by atoms with Gasteiger partial charge in [0.15, 0.2) is 0 Å². The van der Waals surface area contributed by atoms with Crippen LogP contribution in [0.1, 0.15) is 43.4 Å². The summed E-state index contributed by atoms with van der Waals surface area (Å²) in [6.07, 6.45) is 5.84. The minimum absolute atomic E-state index is 0.158. The third-order valence-electron chi connectivity index (χ3n) is 4.06. The third kappa shape index (κ3) is 2.32. The zero-order valence-corrected chi connectivity index (χ0v) is 12.0. The Morgan fingerprint density at radius 3 is 2.70 bits per heavy atom. The van der Waals surface area contributed by atoms with Crippen LogP contribution in [0.4, 0.5) is 0 Å². The smallest absolute Gasteiger partial charge is 0.0730 e. The van der Waals surface area contributed by atoms with Gasteiger partial charge in [-0.3, -0.25) is 0 Å². The molecule has 0 aromatic heterocycles. The van der Waals surface area contributed by atoms with Gasteiger partial charge in [0.1, 0.15) is 0 Å². The van der Waals surface area contributed by atoms with Gasteiger partial charge < -0.3 is 11.1 Å². The maximum Gasteiger partial charge on any atom is 0.0730 e.